The Labute approximate surface area is 159 Å². The molecule has 0 bridgehead atoms. The number of hydrogen-bond acceptors (Lipinski definition) is 0. The van der Waals surface area contributed by atoms with Crippen LogP contribution in [0.25, 0.3) is 32.6 Å². The van der Waals surface area contributed by atoms with Gasteiger partial charge in [0.2, 0.25) is 0 Å². The molecule has 0 saturated heterocycles. The van der Waals surface area contributed by atoms with E-state index in [0.29, 0.717) is 0 Å². The summed E-state index contributed by atoms with van der Waals surface area (Å²) in [6.07, 6.45) is 5.58. The molecule has 132 valence electrons. The van der Waals surface area contributed by atoms with Gasteiger partial charge in [-0.15, -0.1) is 0 Å². The van der Waals surface area contributed by atoms with Crippen LogP contribution in [-0.2, 0) is 13.0 Å². The first-order chi connectivity index (χ1) is 13.2. The standard InChI is InChI=1S/C25H22N2/c1-17-22-16-27(14-12-19-8-4-3-5-9-19)15-13-20(22)18(2)25-24(17)21-10-6-7-11-23(21)26-25/h3-11,13,15-16H,12,14H2,1-2H3/p+1. The second-order valence-corrected chi connectivity index (χ2v) is 7.42. The van der Waals surface area contributed by atoms with Gasteiger partial charge in [0.1, 0.15) is 0 Å². The van der Waals surface area contributed by atoms with Gasteiger partial charge >= 0.3 is 0 Å². The van der Waals surface area contributed by atoms with Crippen molar-refractivity contribution in [2.24, 2.45) is 0 Å². The highest BCUT2D eigenvalue weighted by atomic mass is 14.9. The smallest absolute Gasteiger partial charge is 0.176 e. The molecule has 0 saturated carbocycles. The Bertz CT molecular complexity index is 1280. The van der Waals surface area contributed by atoms with Crippen LogP contribution in [0.4, 0.5) is 0 Å². The largest absolute Gasteiger partial charge is 0.354 e. The first-order valence-corrected chi connectivity index (χ1v) is 9.58. The monoisotopic (exact) mass is 351 g/mol. The molecule has 2 aromatic heterocycles. The van der Waals surface area contributed by atoms with E-state index < -0.39 is 0 Å². The maximum absolute atomic E-state index is 3.63. The second kappa shape index (κ2) is 6.24. The molecule has 27 heavy (non-hydrogen) atoms. The first-order valence-electron chi connectivity index (χ1n) is 9.58. The third-order valence-corrected chi connectivity index (χ3v) is 5.78. The fourth-order valence-electron chi connectivity index (χ4n) is 4.29. The molecule has 0 aliphatic carbocycles. The molecule has 5 rings (SSSR count). The number of aryl methyl sites for hydroxylation is 4. The minimum Gasteiger partial charge on any atom is -0.354 e. The van der Waals surface area contributed by atoms with E-state index in [1.807, 2.05) is 0 Å². The van der Waals surface area contributed by atoms with Crippen LogP contribution in [0.3, 0.4) is 0 Å². The molecule has 3 aromatic carbocycles. The number of nitrogens with one attached hydrogen (secondary N) is 1. The summed E-state index contributed by atoms with van der Waals surface area (Å²) in [5.41, 5.74) is 6.55. The van der Waals surface area contributed by atoms with Gasteiger partial charge in [-0.3, -0.25) is 0 Å². The third-order valence-electron chi connectivity index (χ3n) is 5.78. The van der Waals surface area contributed by atoms with Crippen molar-refractivity contribution < 1.29 is 4.57 Å². The predicted octanol–water partition coefficient (Wildman–Crippen LogP) is 5.62. The molecule has 0 aliphatic rings. The summed E-state index contributed by atoms with van der Waals surface area (Å²) in [7, 11) is 0. The summed E-state index contributed by atoms with van der Waals surface area (Å²) < 4.78 is 2.32. The molecule has 5 aromatic rings. The second-order valence-electron chi connectivity index (χ2n) is 7.42. The minimum absolute atomic E-state index is 0.990. The van der Waals surface area contributed by atoms with E-state index in [9.17, 15) is 0 Å². The number of hydrogen-bond donors (Lipinski definition) is 1. The lowest BCUT2D eigenvalue weighted by Crippen LogP contribution is -2.33. The Kier molecular flexibility index (Phi) is 3.71. The summed E-state index contributed by atoms with van der Waals surface area (Å²) in [4.78, 5) is 3.63. The maximum atomic E-state index is 3.63. The third kappa shape index (κ3) is 2.60. The lowest BCUT2D eigenvalue weighted by atomic mass is 9.97. The van der Waals surface area contributed by atoms with Gasteiger partial charge in [-0.2, -0.15) is 0 Å². The predicted molar refractivity (Wildman–Crippen MR) is 113 cm³/mol. The molecular weight excluding hydrogens is 328 g/mol. The van der Waals surface area contributed by atoms with Crippen molar-refractivity contribution in [3.8, 4) is 0 Å². The average Bonchev–Trinajstić information content (AvgIpc) is 3.11. The number of aromatic amines is 1. The van der Waals surface area contributed by atoms with E-state index in [1.165, 1.54) is 49.3 Å². The SMILES string of the molecule is Cc1c2cc[n+](CCc3ccccc3)cc2c(C)c2c1[nH]c1ccccc12. The summed E-state index contributed by atoms with van der Waals surface area (Å²) in [6, 6.07) is 21.6. The number of para-hydroxylation sites is 1. The Hall–Kier alpha value is -3.13. The normalized spacial score (nSPS) is 11.6. The number of fused-ring (bicyclic) bond motifs is 4. The molecule has 1 N–H and O–H groups in total. The van der Waals surface area contributed by atoms with Gasteiger partial charge in [-0.25, -0.2) is 4.57 Å². The summed E-state index contributed by atoms with van der Waals surface area (Å²) in [6.45, 7) is 5.48. The van der Waals surface area contributed by atoms with E-state index >= 15 is 0 Å². The number of aromatic nitrogens is 2. The van der Waals surface area contributed by atoms with Crippen LogP contribution in [-0.4, -0.2) is 4.98 Å². The Morgan fingerprint density at radius 2 is 1.56 bits per heavy atom. The van der Waals surface area contributed by atoms with Crippen LogP contribution in [0, 0.1) is 13.8 Å². The molecule has 0 aliphatic heterocycles. The molecule has 0 fully saturated rings. The lowest BCUT2D eigenvalue weighted by Gasteiger charge is -2.08. The van der Waals surface area contributed by atoms with Crippen LogP contribution in [0.5, 0.6) is 0 Å². The quantitative estimate of drug-likeness (QED) is 0.407. The van der Waals surface area contributed by atoms with Crippen LogP contribution >= 0.6 is 0 Å². The maximum Gasteiger partial charge on any atom is 0.176 e. The molecule has 0 atom stereocenters. The zero-order valence-corrected chi connectivity index (χ0v) is 15.8. The van der Waals surface area contributed by atoms with E-state index in [4.69, 9.17) is 0 Å². The number of benzene rings is 3. The molecule has 0 spiro atoms. The van der Waals surface area contributed by atoms with E-state index in [0.717, 1.165) is 13.0 Å². The van der Waals surface area contributed by atoms with Crippen molar-refractivity contribution in [3.05, 3.63) is 89.7 Å². The number of nitrogens with zero attached hydrogens (tertiary/aromatic N) is 1. The lowest BCUT2D eigenvalue weighted by molar-refractivity contribution is -0.695. The molecule has 0 unspecified atom stereocenters. The highest BCUT2D eigenvalue weighted by Gasteiger charge is 2.16. The van der Waals surface area contributed by atoms with E-state index in [-0.39, 0.29) is 0 Å². The molecule has 0 radical (unpaired) electrons. The van der Waals surface area contributed by atoms with Crippen molar-refractivity contribution in [1.29, 1.82) is 0 Å². The highest BCUT2D eigenvalue weighted by Crippen LogP contribution is 2.35. The zero-order chi connectivity index (χ0) is 18.4. The summed E-state index contributed by atoms with van der Waals surface area (Å²) in [5.74, 6) is 0. The Morgan fingerprint density at radius 3 is 2.41 bits per heavy atom. The number of rotatable bonds is 3. The Morgan fingerprint density at radius 1 is 0.778 bits per heavy atom. The van der Waals surface area contributed by atoms with Crippen molar-refractivity contribution in [2.45, 2.75) is 26.8 Å². The summed E-state index contributed by atoms with van der Waals surface area (Å²) >= 11 is 0. The van der Waals surface area contributed by atoms with Crippen molar-refractivity contribution in [1.82, 2.24) is 4.98 Å². The van der Waals surface area contributed by atoms with Crippen molar-refractivity contribution in [3.63, 3.8) is 0 Å². The first kappa shape index (κ1) is 16.1. The average molecular weight is 351 g/mol. The number of pyridine rings is 1. The van der Waals surface area contributed by atoms with Gasteiger partial charge in [0.15, 0.2) is 18.9 Å². The molecule has 2 heterocycles. The molecule has 2 heteroatoms. The number of H-pyrrole nitrogens is 1. The highest BCUT2D eigenvalue weighted by molar-refractivity contribution is 6.16. The van der Waals surface area contributed by atoms with Crippen molar-refractivity contribution >= 4 is 32.6 Å². The van der Waals surface area contributed by atoms with Crippen LogP contribution in [0.15, 0.2) is 73.1 Å². The Balaban J connectivity index is 1.66. The fourth-order valence-corrected chi connectivity index (χ4v) is 4.29. The zero-order valence-electron chi connectivity index (χ0n) is 15.8. The van der Waals surface area contributed by atoms with E-state index in [2.05, 4.69) is 96.5 Å². The van der Waals surface area contributed by atoms with Gasteiger partial charge in [-0.05, 0) is 42.0 Å². The van der Waals surface area contributed by atoms with Crippen LogP contribution in [0.2, 0.25) is 0 Å². The van der Waals surface area contributed by atoms with Gasteiger partial charge in [-0.1, -0.05) is 48.5 Å². The van der Waals surface area contributed by atoms with Crippen LogP contribution in [0.1, 0.15) is 16.7 Å². The topological polar surface area (TPSA) is 19.7 Å². The van der Waals surface area contributed by atoms with Gasteiger partial charge < -0.3 is 4.98 Å². The van der Waals surface area contributed by atoms with Gasteiger partial charge in [0, 0.05) is 34.2 Å². The molecule has 2 nitrogen and oxygen atoms in total. The molecule has 0 amide bonds. The van der Waals surface area contributed by atoms with Crippen molar-refractivity contribution in [2.75, 3.05) is 0 Å². The van der Waals surface area contributed by atoms with Crippen LogP contribution < -0.4 is 4.57 Å². The van der Waals surface area contributed by atoms with Gasteiger partial charge in [0.05, 0.1) is 5.52 Å². The minimum atomic E-state index is 0.990. The van der Waals surface area contributed by atoms with Gasteiger partial charge in [0.25, 0.3) is 0 Å². The summed E-state index contributed by atoms with van der Waals surface area (Å²) in [5, 5.41) is 5.36. The fraction of sp³-hybridized carbons (Fsp3) is 0.160. The van der Waals surface area contributed by atoms with E-state index in [1.54, 1.807) is 0 Å². The molecular formula is C25H23N2+.